The normalized spacial score (nSPS) is 10.4. The molecule has 0 saturated heterocycles. The second-order valence-electron chi connectivity index (χ2n) is 4.11. The van der Waals surface area contributed by atoms with Gasteiger partial charge in [0.25, 0.3) is 0 Å². The highest BCUT2D eigenvalue weighted by molar-refractivity contribution is 6.30. The first-order valence-corrected chi connectivity index (χ1v) is 5.99. The molecule has 2 aromatic rings. The number of halogens is 1. The van der Waals surface area contributed by atoms with E-state index in [0.29, 0.717) is 17.0 Å². The Kier molecular flexibility index (Phi) is 3.72. The van der Waals surface area contributed by atoms with Crippen molar-refractivity contribution in [3.8, 4) is 0 Å². The van der Waals surface area contributed by atoms with Crippen LogP contribution in [0.15, 0.2) is 30.5 Å². The van der Waals surface area contributed by atoms with Crippen molar-refractivity contribution in [2.24, 2.45) is 0 Å². The van der Waals surface area contributed by atoms with Gasteiger partial charge in [-0.1, -0.05) is 23.7 Å². The lowest BCUT2D eigenvalue weighted by atomic mass is 10.0. The number of benzene rings is 1. The predicted molar refractivity (Wildman–Crippen MR) is 71.1 cm³/mol. The molecule has 0 aliphatic heterocycles. The van der Waals surface area contributed by atoms with Gasteiger partial charge < -0.3 is 9.72 Å². The number of hydrogen-bond donors (Lipinski definition) is 1. The molecule has 4 heteroatoms. The van der Waals surface area contributed by atoms with E-state index in [1.165, 1.54) is 7.11 Å². The van der Waals surface area contributed by atoms with Crippen molar-refractivity contribution in [1.29, 1.82) is 0 Å². The smallest absolute Gasteiger partial charge is 0.339 e. The Bertz CT molecular complexity index is 575. The van der Waals surface area contributed by atoms with Crippen LogP contribution in [0.3, 0.4) is 0 Å². The highest BCUT2D eigenvalue weighted by atomic mass is 35.5. The molecule has 0 spiro atoms. The van der Waals surface area contributed by atoms with Crippen LogP contribution in [0, 0.1) is 6.92 Å². The lowest BCUT2D eigenvalue weighted by molar-refractivity contribution is 0.0599. The molecule has 0 bridgehead atoms. The monoisotopic (exact) mass is 263 g/mol. The number of rotatable bonds is 3. The van der Waals surface area contributed by atoms with Gasteiger partial charge in [0.1, 0.15) is 0 Å². The van der Waals surface area contributed by atoms with Gasteiger partial charge in [-0.25, -0.2) is 4.79 Å². The summed E-state index contributed by atoms with van der Waals surface area (Å²) in [6.07, 6.45) is 2.48. The first kappa shape index (κ1) is 12.7. The number of nitrogens with one attached hydrogen (secondary N) is 1. The van der Waals surface area contributed by atoms with E-state index in [9.17, 15) is 4.79 Å². The van der Waals surface area contributed by atoms with Gasteiger partial charge in [0.05, 0.1) is 12.7 Å². The summed E-state index contributed by atoms with van der Waals surface area (Å²) < 4.78 is 4.79. The highest BCUT2D eigenvalue weighted by Crippen LogP contribution is 2.20. The molecule has 0 aliphatic rings. The minimum Gasteiger partial charge on any atom is -0.465 e. The van der Waals surface area contributed by atoms with Gasteiger partial charge in [0, 0.05) is 16.9 Å². The molecule has 0 fully saturated rings. The van der Waals surface area contributed by atoms with Gasteiger partial charge in [0.15, 0.2) is 0 Å². The van der Waals surface area contributed by atoms with Crippen LogP contribution < -0.4 is 0 Å². The molecule has 0 amide bonds. The maximum atomic E-state index is 11.7. The first-order chi connectivity index (χ1) is 8.61. The van der Waals surface area contributed by atoms with E-state index in [2.05, 4.69) is 4.98 Å². The third-order valence-electron chi connectivity index (χ3n) is 2.83. The zero-order chi connectivity index (χ0) is 13.1. The van der Waals surface area contributed by atoms with Gasteiger partial charge in [0.2, 0.25) is 0 Å². The van der Waals surface area contributed by atoms with E-state index < -0.39 is 0 Å². The predicted octanol–water partition coefficient (Wildman–Crippen LogP) is 3.35. The number of methoxy groups -OCH3 is 1. The Labute approximate surface area is 111 Å². The van der Waals surface area contributed by atoms with Gasteiger partial charge in [-0.2, -0.15) is 0 Å². The third-order valence-corrected chi connectivity index (χ3v) is 3.07. The van der Waals surface area contributed by atoms with Gasteiger partial charge in [-0.05, 0) is 36.6 Å². The first-order valence-electron chi connectivity index (χ1n) is 5.61. The molecule has 3 nitrogen and oxygen atoms in total. The number of carbonyl (C=O) groups excluding carboxylic acids is 1. The van der Waals surface area contributed by atoms with Crippen LogP contribution in [0.4, 0.5) is 0 Å². The Morgan fingerprint density at radius 1 is 1.44 bits per heavy atom. The second-order valence-corrected chi connectivity index (χ2v) is 4.55. The maximum Gasteiger partial charge on any atom is 0.339 e. The largest absolute Gasteiger partial charge is 0.465 e. The summed E-state index contributed by atoms with van der Waals surface area (Å²) in [5, 5.41) is 0.694. The van der Waals surface area contributed by atoms with Crippen molar-refractivity contribution in [2.75, 3.05) is 7.11 Å². The molecular weight excluding hydrogens is 250 g/mol. The molecule has 0 saturated carbocycles. The fraction of sp³-hybridized carbons (Fsp3) is 0.214. The Hall–Kier alpha value is -1.74. The molecule has 1 N–H and O–H groups in total. The summed E-state index contributed by atoms with van der Waals surface area (Å²) in [7, 11) is 1.39. The number of esters is 1. The molecular formula is C14H14ClNO2. The van der Waals surface area contributed by atoms with E-state index in [1.54, 1.807) is 0 Å². The number of ether oxygens (including phenoxy) is 1. The molecule has 0 unspecified atom stereocenters. The van der Waals surface area contributed by atoms with E-state index >= 15 is 0 Å². The van der Waals surface area contributed by atoms with Crippen molar-refractivity contribution >= 4 is 17.6 Å². The molecule has 18 heavy (non-hydrogen) atoms. The summed E-state index contributed by atoms with van der Waals surface area (Å²) >= 11 is 5.95. The minimum absolute atomic E-state index is 0.314. The summed E-state index contributed by atoms with van der Waals surface area (Å²) in [5.74, 6) is -0.314. The van der Waals surface area contributed by atoms with E-state index in [-0.39, 0.29) is 5.97 Å². The zero-order valence-electron chi connectivity index (χ0n) is 10.3. The van der Waals surface area contributed by atoms with Crippen LogP contribution in [0.1, 0.15) is 27.2 Å². The number of aromatic amines is 1. The summed E-state index contributed by atoms with van der Waals surface area (Å²) in [6.45, 7) is 1.85. The standard InChI is InChI=1S/C14H14ClNO2/c1-9-13(14(17)18-2)11(8-16-9)6-10-4-3-5-12(15)7-10/h3-5,7-8,16H,6H2,1-2H3. The minimum atomic E-state index is -0.314. The van der Waals surface area contributed by atoms with Gasteiger partial charge >= 0.3 is 5.97 Å². The summed E-state index contributed by atoms with van der Waals surface area (Å²) in [4.78, 5) is 14.8. The van der Waals surface area contributed by atoms with Crippen molar-refractivity contribution in [3.05, 3.63) is 57.9 Å². The molecule has 0 radical (unpaired) electrons. The number of aryl methyl sites for hydroxylation is 1. The average Bonchev–Trinajstić information content (AvgIpc) is 2.70. The number of carbonyl (C=O) groups is 1. The van der Waals surface area contributed by atoms with E-state index in [4.69, 9.17) is 16.3 Å². The second kappa shape index (κ2) is 5.27. The van der Waals surface area contributed by atoms with Crippen LogP contribution in [0.25, 0.3) is 0 Å². The summed E-state index contributed by atoms with van der Waals surface area (Å²) in [5.41, 5.74) is 3.41. The molecule has 94 valence electrons. The lowest BCUT2D eigenvalue weighted by Crippen LogP contribution is -2.05. The third kappa shape index (κ3) is 2.57. The topological polar surface area (TPSA) is 42.1 Å². The highest BCUT2D eigenvalue weighted by Gasteiger charge is 2.16. The fourth-order valence-electron chi connectivity index (χ4n) is 1.97. The Balaban J connectivity index is 2.32. The van der Waals surface area contributed by atoms with Crippen molar-refractivity contribution in [1.82, 2.24) is 4.98 Å². The molecule has 0 atom stereocenters. The Morgan fingerprint density at radius 2 is 2.22 bits per heavy atom. The van der Waals surface area contributed by atoms with Crippen LogP contribution >= 0.6 is 11.6 Å². The Morgan fingerprint density at radius 3 is 2.89 bits per heavy atom. The number of aromatic nitrogens is 1. The van der Waals surface area contributed by atoms with Gasteiger partial charge in [-0.15, -0.1) is 0 Å². The molecule has 0 aliphatic carbocycles. The van der Waals surface area contributed by atoms with Crippen LogP contribution in [0.5, 0.6) is 0 Å². The SMILES string of the molecule is COC(=O)c1c(Cc2cccc(Cl)c2)c[nH]c1C. The summed E-state index contributed by atoms with van der Waals surface area (Å²) in [6, 6.07) is 7.60. The number of hydrogen-bond acceptors (Lipinski definition) is 2. The molecule has 1 aromatic carbocycles. The van der Waals surface area contributed by atoms with Crippen molar-refractivity contribution < 1.29 is 9.53 Å². The zero-order valence-corrected chi connectivity index (χ0v) is 11.0. The number of H-pyrrole nitrogens is 1. The van der Waals surface area contributed by atoms with Crippen LogP contribution in [-0.4, -0.2) is 18.1 Å². The van der Waals surface area contributed by atoms with Gasteiger partial charge in [-0.3, -0.25) is 0 Å². The maximum absolute atomic E-state index is 11.7. The van der Waals surface area contributed by atoms with Crippen molar-refractivity contribution in [2.45, 2.75) is 13.3 Å². The van der Waals surface area contributed by atoms with Crippen LogP contribution in [-0.2, 0) is 11.2 Å². The molecule has 1 aromatic heterocycles. The fourth-order valence-corrected chi connectivity index (χ4v) is 2.19. The van der Waals surface area contributed by atoms with E-state index in [1.807, 2.05) is 37.4 Å². The molecule has 2 rings (SSSR count). The van der Waals surface area contributed by atoms with Crippen LogP contribution in [0.2, 0.25) is 5.02 Å². The quantitative estimate of drug-likeness (QED) is 0.863. The van der Waals surface area contributed by atoms with Crippen molar-refractivity contribution in [3.63, 3.8) is 0 Å². The molecule has 1 heterocycles. The average molecular weight is 264 g/mol. The lowest BCUT2D eigenvalue weighted by Gasteiger charge is -2.04. The van der Waals surface area contributed by atoms with E-state index in [0.717, 1.165) is 16.8 Å².